The van der Waals surface area contributed by atoms with E-state index in [1.807, 2.05) is 42.5 Å². The maximum Gasteiger partial charge on any atom is 0.324 e. The zero-order valence-electron chi connectivity index (χ0n) is 9.00. The lowest BCUT2D eigenvalue weighted by molar-refractivity contribution is -0.0183. The van der Waals surface area contributed by atoms with Crippen LogP contribution in [-0.4, -0.2) is 23.7 Å². The van der Waals surface area contributed by atoms with E-state index in [9.17, 15) is 0 Å². The molecule has 0 radical (unpaired) electrons. The summed E-state index contributed by atoms with van der Waals surface area (Å²) < 4.78 is 5.23. The molecule has 0 fully saturated rings. The van der Waals surface area contributed by atoms with E-state index >= 15 is 0 Å². The van der Waals surface area contributed by atoms with E-state index in [4.69, 9.17) is 10.3 Å². The Labute approximate surface area is 94.3 Å². The number of benzene rings is 1. The SMILES string of the molecule is COC1C=C(c2ccccc2)C=CC1=[N+]=[N-]. The third-order valence-corrected chi connectivity index (χ3v) is 2.53. The fraction of sp³-hybridized carbons (Fsp3) is 0.154. The second-order valence-electron chi connectivity index (χ2n) is 3.50. The Morgan fingerprint density at radius 2 is 1.94 bits per heavy atom. The van der Waals surface area contributed by atoms with Crippen molar-refractivity contribution >= 4 is 11.3 Å². The van der Waals surface area contributed by atoms with Crippen LogP contribution in [0.1, 0.15) is 5.56 Å². The normalized spacial score (nSPS) is 19.2. The molecular formula is C13H12N2O. The molecule has 16 heavy (non-hydrogen) atoms. The van der Waals surface area contributed by atoms with Gasteiger partial charge in [-0.1, -0.05) is 30.3 Å². The van der Waals surface area contributed by atoms with Gasteiger partial charge in [0, 0.05) is 13.2 Å². The molecule has 0 aromatic heterocycles. The Kier molecular flexibility index (Phi) is 3.10. The van der Waals surface area contributed by atoms with Crippen LogP contribution in [0.3, 0.4) is 0 Å². The third kappa shape index (κ3) is 2.01. The van der Waals surface area contributed by atoms with Crippen LogP contribution in [0.4, 0.5) is 0 Å². The minimum absolute atomic E-state index is 0.287. The van der Waals surface area contributed by atoms with E-state index in [1.165, 1.54) is 0 Å². The Morgan fingerprint density at radius 1 is 1.19 bits per heavy atom. The minimum atomic E-state index is -0.287. The summed E-state index contributed by atoms with van der Waals surface area (Å²) in [5.41, 5.74) is 11.5. The van der Waals surface area contributed by atoms with Gasteiger partial charge in [-0.3, -0.25) is 0 Å². The highest BCUT2D eigenvalue weighted by molar-refractivity contribution is 6.01. The van der Waals surface area contributed by atoms with Crippen molar-refractivity contribution in [1.29, 1.82) is 0 Å². The summed E-state index contributed by atoms with van der Waals surface area (Å²) >= 11 is 0. The molecule has 0 saturated carbocycles. The highest BCUT2D eigenvalue weighted by Gasteiger charge is 2.22. The quantitative estimate of drug-likeness (QED) is 0.548. The first kappa shape index (κ1) is 10.6. The zero-order chi connectivity index (χ0) is 11.4. The molecule has 1 aromatic carbocycles. The molecule has 0 amide bonds. The van der Waals surface area contributed by atoms with Crippen molar-refractivity contribution in [2.45, 2.75) is 6.10 Å². The highest BCUT2D eigenvalue weighted by atomic mass is 16.5. The molecule has 0 bridgehead atoms. The largest absolute Gasteiger partial charge is 0.365 e. The number of ether oxygens (including phenoxy) is 1. The van der Waals surface area contributed by atoms with Crippen LogP contribution in [-0.2, 0) is 4.74 Å². The summed E-state index contributed by atoms with van der Waals surface area (Å²) in [6.07, 6.45) is 5.33. The molecule has 0 saturated heterocycles. The van der Waals surface area contributed by atoms with Crippen molar-refractivity contribution in [3.8, 4) is 0 Å². The summed E-state index contributed by atoms with van der Waals surface area (Å²) in [7, 11) is 1.59. The van der Waals surface area contributed by atoms with Crippen LogP contribution in [0.25, 0.3) is 11.1 Å². The molecule has 80 valence electrons. The monoisotopic (exact) mass is 212 g/mol. The van der Waals surface area contributed by atoms with Gasteiger partial charge in [-0.2, -0.15) is 4.79 Å². The molecule has 1 aliphatic rings. The topological polar surface area (TPSA) is 45.6 Å². The molecule has 1 unspecified atom stereocenters. The predicted octanol–water partition coefficient (Wildman–Crippen LogP) is 2.33. The summed E-state index contributed by atoms with van der Waals surface area (Å²) in [4.78, 5) is 3.19. The molecule has 0 N–H and O–H groups in total. The molecule has 0 aliphatic heterocycles. The second kappa shape index (κ2) is 4.71. The maximum atomic E-state index is 8.78. The smallest absolute Gasteiger partial charge is 0.324 e. The number of rotatable bonds is 2. The Morgan fingerprint density at radius 3 is 2.56 bits per heavy atom. The van der Waals surface area contributed by atoms with Gasteiger partial charge in [-0.15, -0.1) is 0 Å². The lowest BCUT2D eigenvalue weighted by Crippen LogP contribution is -2.22. The van der Waals surface area contributed by atoms with Crippen molar-refractivity contribution in [1.82, 2.24) is 0 Å². The molecule has 1 aromatic rings. The summed E-state index contributed by atoms with van der Waals surface area (Å²) in [6, 6.07) is 10.0. The highest BCUT2D eigenvalue weighted by Crippen LogP contribution is 2.20. The van der Waals surface area contributed by atoms with E-state index < -0.39 is 0 Å². The average Bonchev–Trinajstić information content (AvgIpc) is 2.39. The van der Waals surface area contributed by atoms with Crippen molar-refractivity contribution in [2.24, 2.45) is 0 Å². The Hall–Kier alpha value is -1.96. The van der Waals surface area contributed by atoms with Gasteiger partial charge < -0.3 is 10.3 Å². The van der Waals surface area contributed by atoms with Gasteiger partial charge in [-0.05, 0) is 23.3 Å². The molecule has 1 aliphatic carbocycles. The molecule has 1 atom stereocenters. The van der Waals surface area contributed by atoms with Crippen molar-refractivity contribution in [3.05, 3.63) is 59.7 Å². The van der Waals surface area contributed by atoms with Crippen LogP contribution in [0, 0.1) is 0 Å². The van der Waals surface area contributed by atoms with Gasteiger partial charge in [0.05, 0.1) is 0 Å². The third-order valence-electron chi connectivity index (χ3n) is 2.53. The van der Waals surface area contributed by atoms with E-state index in [-0.39, 0.29) is 6.10 Å². The first-order valence-corrected chi connectivity index (χ1v) is 5.05. The first-order valence-electron chi connectivity index (χ1n) is 5.05. The Bertz CT molecular complexity index is 482. The van der Waals surface area contributed by atoms with E-state index in [0.29, 0.717) is 5.71 Å². The lowest BCUT2D eigenvalue weighted by atomic mass is 9.97. The number of allylic oxidation sites excluding steroid dienone is 2. The first-order chi connectivity index (χ1) is 7.85. The van der Waals surface area contributed by atoms with Crippen molar-refractivity contribution in [3.63, 3.8) is 0 Å². The summed E-state index contributed by atoms with van der Waals surface area (Å²) in [6.45, 7) is 0. The van der Waals surface area contributed by atoms with Gasteiger partial charge in [-0.25, -0.2) is 0 Å². The predicted molar refractivity (Wildman–Crippen MR) is 63.0 cm³/mol. The number of nitrogens with zero attached hydrogens (tertiary/aromatic N) is 2. The van der Waals surface area contributed by atoms with Crippen LogP contribution in [0.5, 0.6) is 0 Å². The van der Waals surface area contributed by atoms with Gasteiger partial charge in [0.15, 0.2) is 6.10 Å². The van der Waals surface area contributed by atoms with E-state index in [2.05, 4.69) is 4.79 Å². The van der Waals surface area contributed by atoms with Gasteiger partial charge in [0.2, 0.25) is 0 Å². The van der Waals surface area contributed by atoms with Crippen LogP contribution < -0.4 is 0 Å². The fourth-order valence-electron chi connectivity index (χ4n) is 1.68. The lowest BCUT2D eigenvalue weighted by Gasteiger charge is -2.11. The van der Waals surface area contributed by atoms with E-state index in [0.717, 1.165) is 11.1 Å². The molecule has 0 spiro atoms. The molecule has 0 heterocycles. The number of hydrogen-bond donors (Lipinski definition) is 0. The van der Waals surface area contributed by atoms with Gasteiger partial charge in [0.25, 0.3) is 0 Å². The molecule has 3 heteroatoms. The fourth-order valence-corrected chi connectivity index (χ4v) is 1.68. The van der Waals surface area contributed by atoms with Crippen molar-refractivity contribution in [2.75, 3.05) is 7.11 Å². The minimum Gasteiger partial charge on any atom is -0.365 e. The van der Waals surface area contributed by atoms with Gasteiger partial charge >= 0.3 is 5.71 Å². The average molecular weight is 212 g/mol. The standard InChI is InChI=1S/C13H12N2O/c1-16-13-9-11(7-8-12(13)15-14)10-5-3-2-4-6-10/h2-9,13H,1H3. The van der Waals surface area contributed by atoms with Crippen molar-refractivity contribution < 1.29 is 9.53 Å². The second-order valence-corrected chi connectivity index (χ2v) is 3.50. The molecular weight excluding hydrogens is 200 g/mol. The van der Waals surface area contributed by atoms with Crippen LogP contribution in [0.2, 0.25) is 0 Å². The number of hydrogen-bond acceptors (Lipinski definition) is 1. The summed E-state index contributed by atoms with van der Waals surface area (Å²) in [5.74, 6) is 0. The molecule has 3 nitrogen and oxygen atoms in total. The van der Waals surface area contributed by atoms with Crippen LogP contribution in [0.15, 0.2) is 48.6 Å². The van der Waals surface area contributed by atoms with E-state index in [1.54, 1.807) is 13.2 Å². The number of methoxy groups -OCH3 is 1. The Balaban J connectivity index is 2.36. The van der Waals surface area contributed by atoms with Crippen LogP contribution >= 0.6 is 0 Å². The molecule has 2 rings (SSSR count). The summed E-state index contributed by atoms with van der Waals surface area (Å²) in [5, 5.41) is 0. The van der Waals surface area contributed by atoms with Gasteiger partial charge in [0.1, 0.15) is 0 Å². The zero-order valence-corrected chi connectivity index (χ0v) is 9.00. The maximum absolute atomic E-state index is 8.78.